The number of aliphatic hydroxyl groups is 1. The summed E-state index contributed by atoms with van der Waals surface area (Å²) < 4.78 is 5.49. The number of rotatable bonds is 4. The first-order valence-electron chi connectivity index (χ1n) is 5.83. The van der Waals surface area contributed by atoms with E-state index >= 15 is 0 Å². The number of morpholine rings is 1. The smallest absolute Gasteiger partial charge is 0.225 e. The average molecular weight is 230 g/mol. The lowest BCUT2D eigenvalue weighted by molar-refractivity contribution is -0.150. The molecule has 3 atom stereocenters. The Morgan fingerprint density at radius 2 is 2.31 bits per heavy atom. The van der Waals surface area contributed by atoms with Crippen molar-refractivity contribution in [1.29, 1.82) is 0 Å². The van der Waals surface area contributed by atoms with Crippen molar-refractivity contribution in [3.8, 4) is 0 Å². The van der Waals surface area contributed by atoms with Crippen molar-refractivity contribution in [2.75, 3.05) is 26.2 Å². The first kappa shape index (κ1) is 13.4. The molecule has 0 radical (unpaired) electrons. The summed E-state index contributed by atoms with van der Waals surface area (Å²) in [6, 6.07) is 0. The van der Waals surface area contributed by atoms with Gasteiger partial charge in [0, 0.05) is 19.0 Å². The van der Waals surface area contributed by atoms with Crippen LogP contribution < -0.4 is 5.73 Å². The zero-order chi connectivity index (χ0) is 12.1. The Hall–Kier alpha value is -0.650. The van der Waals surface area contributed by atoms with Crippen LogP contribution in [0.4, 0.5) is 0 Å². The van der Waals surface area contributed by atoms with Gasteiger partial charge in [0.15, 0.2) is 0 Å². The predicted octanol–water partition coefficient (Wildman–Crippen LogP) is -0.420. The molecule has 3 N–H and O–H groups in total. The summed E-state index contributed by atoms with van der Waals surface area (Å²) in [5, 5.41) is 9.07. The number of amides is 1. The van der Waals surface area contributed by atoms with Crippen LogP contribution in [0.3, 0.4) is 0 Å². The molecule has 0 saturated carbocycles. The van der Waals surface area contributed by atoms with Crippen LogP contribution in [0, 0.1) is 5.92 Å². The van der Waals surface area contributed by atoms with Gasteiger partial charge in [0.25, 0.3) is 0 Å². The minimum atomic E-state index is -0.252. The quantitative estimate of drug-likeness (QED) is 0.688. The van der Waals surface area contributed by atoms with Gasteiger partial charge < -0.3 is 20.5 Å². The minimum Gasteiger partial charge on any atom is -0.394 e. The van der Waals surface area contributed by atoms with E-state index in [1.807, 2.05) is 13.8 Å². The fraction of sp³-hybridized carbons (Fsp3) is 0.909. The molecule has 1 fully saturated rings. The maximum absolute atomic E-state index is 12.0. The first-order chi connectivity index (χ1) is 7.58. The largest absolute Gasteiger partial charge is 0.394 e. The van der Waals surface area contributed by atoms with Crippen LogP contribution in [0.5, 0.6) is 0 Å². The number of nitrogens with two attached hydrogens (primary N) is 1. The van der Waals surface area contributed by atoms with Crippen molar-refractivity contribution < 1.29 is 14.6 Å². The summed E-state index contributed by atoms with van der Waals surface area (Å²) in [5.41, 5.74) is 5.44. The molecule has 1 saturated heterocycles. The van der Waals surface area contributed by atoms with Crippen LogP contribution in [0.15, 0.2) is 0 Å². The molecule has 1 amide bonds. The lowest BCUT2D eigenvalue weighted by Gasteiger charge is -2.37. The van der Waals surface area contributed by atoms with Crippen molar-refractivity contribution in [2.24, 2.45) is 11.7 Å². The van der Waals surface area contributed by atoms with Crippen LogP contribution in [0.2, 0.25) is 0 Å². The van der Waals surface area contributed by atoms with Crippen molar-refractivity contribution in [3.05, 3.63) is 0 Å². The van der Waals surface area contributed by atoms with Gasteiger partial charge in [0.1, 0.15) is 0 Å². The lowest BCUT2D eigenvalue weighted by Crippen LogP contribution is -2.51. The standard InChI is InChI=1S/C11H22N2O3/c1-8(3-4-12)11(15)13-5-9(2)16-10(6-13)7-14/h8-10,14H,3-7,12H2,1-2H3. The third-order valence-electron chi connectivity index (χ3n) is 2.86. The highest BCUT2D eigenvalue weighted by Crippen LogP contribution is 2.15. The second-order valence-electron chi connectivity index (χ2n) is 4.47. The predicted molar refractivity (Wildman–Crippen MR) is 60.8 cm³/mol. The molecule has 3 unspecified atom stereocenters. The third kappa shape index (κ3) is 3.43. The van der Waals surface area contributed by atoms with Gasteiger partial charge in [-0.2, -0.15) is 0 Å². The van der Waals surface area contributed by atoms with Gasteiger partial charge in [-0.25, -0.2) is 0 Å². The highest BCUT2D eigenvalue weighted by Gasteiger charge is 2.29. The highest BCUT2D eigenvalue weighted by molar-refractivity contribution is 5.78. The molecule has 94 valence electrons. The zero-order valence-electron chi connectivity index (χ0n) is 10.1. The van der Waals surface area contributed by atoms with Gasteiger partial charge in [-0.05, 0) is 19.9 Å². The molecule has 0 aromatic heterocycles. The van der Waals surface area contributed by atoms with Gasteiger partial charge in [0.2, 0.25) is 5.91 Å². The van der Waals surface area contributed by atoms with Gasteiger partial charge in [-0.3, -0.25) is 4.79 Å². The number of carbonyl (C=O) groups is 1. The van der Waals surface area contributed by atoms with Crippen molar-refractivity contribution in [3.63, 3.8) is 0 Å². The van der Waals surface area contributed by atoms with E-state index in [9.17, 15) is 4.79 Å². The second kappa shape index (κ2) is 6.18. The van der Waals surface area contributed by atoms with Crippen LogP contribution >= 0.6 is 0 Å². The fourth-order valence-electron chi connectivity index (χ4n) is 2.01. The summed E-state index contributed by atoms with van der Waals surface area (Å²) >= 11 is 0. The van der Waals surface area contributed by atoms with E-state index in [0.29, 0.717) is 26.1 Å². The van der Waals surface area contributed by atoms with Crippen LogP contribution in [0.1, 0.15) is 20.3 Å². The molecule has 1 aliphatic rings. The summed E-state index contributed by atoms with van der Waals surface area (Å²) in [6.45, 7) is 5.37. The zero-order valence-corrected chi connectivity index (χ0v) is 10.1. The van der Waals surface area contributed by atoms with E-state index in [2.05, 4.69) is 0 Å². The maximum atomic E-state index is 12.0. The molecule has 1 aliphatic heterocycles. The monoisotopic (exact) mass is 230 g/mol. The molecule has 1 heterocycles. The number of carbonyl (C=O) groups excluding carboxylic acids is 1. The fourth-order valence-corrected chi connectivity index (χ4v) is 2.01. The van der Waals surface area contributed by atoms with E-state index in [0.717, 1.165) is 0 Å². The second-order valence-corrected chi connectivity index (χ2v) is 4.47. The molecule has 0 aliphatic carbocycles. The number of hydrogen-bond donors (Lipinski definition) is 2. The summed E-state index contributed by atoms with van der Waals surface area (Å²) in [5.74, 6) is 0.0636. The Bertz CT molecular complexity index is 235. The van der Waals surface area contributed by atoms with Crippen molar-refractivity contribution >= 4 is 5.91 Å². The highest BCUT2D eigenvalue weighted by atomic mass is 16.5. The van der Waals surface area contributed by atoms with Gasteiger partial charge in [0.05, 0.1) is 18.8 Å². The topological polar surface area (TPSA) is 75.8 Å². The SMILES string of the molecule is CC1CN(C(=O)C(C)CCN)CC(CO)O1. The molecule has 0 aromatic rings. The molecule has 1 rings (SSSR count). The van der Waals surface area contributed by atoms with E-state index in [4.69, 9.17) is 15.6 Å². The normalized spacial score (nSPS) is 27.9. The van der Waals surface area contributed by atoms with Gasteiger partial charge in [-0.1, -0.05) is 6.92 Å². The minimum absolute atomic E-state index is 0.0140. The molecule has 16 heavy (non-hydrogen) atoms. The lowest BCUT2D eigenvalue weighted by atomic mass is 10.1. The Morgan fingerprint density at radius 1 is 1.62 bits per heavy atom. The van der Waals surface area contributed by atoms with Gasteiger partial charge >= 0.3 is 0 Å². The molecule has 0 bridgehead atoms. The summed E-state index contributed by atoms with van der Waals surface area (Å²) in [6.07, 6.45) is 0.437. The third-order valence-corrected chi connectivity index (χ3v) is 2.86. The molecule has 5 nitrogen and oxygen atoms in total. The van der Waals surface area contributed by atoms with Crippen LogP contribution in [0.25, 0.3) is 0 Å². The van der Waals surface area contributed by atoms with E-state index in [1.54, 1.807) is 4.90 Å². The average Bonchev–Trinajstić information content (AvgIpc) is 2.27. The molecular weight excluding hydrogens is 208 g/mol. The van der Waals surface area contributed by atoms with Crippen LogP contribution in [-0.2, 0) is 9.53 Å². The van der Waals surface area contributed by atoms with E-state index in [-0.39, 0.29) is 30.6 Å². The van der Waals surface area contributed by atoms with Crippen molar-refractivity contribution in [2.45, 2.75) is 32.5 Å². The Balaban J connectivity index is 2.54. The first-order valence-corrected chi connectivity index (χ1v) is 5.83. The maximum Gasteiger partial charge on any atom is 0.225 e. The van der Waals surface area contributed by atoms with Crippen LogP contribution in [-0.4, -0.2) is 54.4 Å². The number of hydrogen-bond acceptors (Lipinski definition) is 4. The summed E-state index contributed by atoms with van der Waals surface area (Å²) in [4.78, 5) is 13.8. The molecule has 0 aromatic carbocycles. The number of ether oxygens (including phenoxy) is 1. The summed E-state index contributed by atoms with van der Waals surface area (Å²) in [7, 11) is 0. The van der Waals surface area contributed by atoms with E-state index in [1.165, 1.54) is 0 Å². The Morgan fingerprint density at radius 3 is 2.88 bits per heavy atom. The van der Waals surface area contributed by atoms with Crippen molar-refractivity contribution in [1.82, 2.24) is 4.90 Å². The Kier molecular flexibility index (Phi) is 5.18. The number of aliphatic hydroxyl groups excluding tert-OH is 1. The molecule has 5 heteroatoms. The Labute approximate surface area is 96.6 Å². The van der Waals surface area contributed by atoms with E-state index < -0.39 is 0 Å². The van der Waals surface area contributed by atoms with Gasteiger partial charge in [-0.15, -0.1) is 0 Å². The number of nitrogens with zero attached hydrogens (tertiary/aromatic N) is 1. The molecule has 0 spiro atoms. The molecular formula is C11H22N2O3.